The third-order valence-electron chi connectivity index (χ3n) is 5.02. The Kier molecular flexibility index (Phi) is 8.52. The molecule has 3 atom stereocenters. The minimum atomic E-state index is -2.78. The van der Waals surface area contributed by atoms with Gasteiger partial charge >= 0.3 is 25.7 Å². The van der Waals surface area contributed by atoms with Gasteiger partial charge in [0.05, 0.1) is 34.0 Å². The van der Waals surface area contributed by atoms with Gasteiger partial charge in [-0.05, 0) is 103 Å². The molecule has 0 N–H and O–H groups in total. The van der Waals surface area contributed by atoms with Gasteiger partial charge in [-0.2, -0.15) is 0 Å². The first-order chi connectivity index (χ1) is 13.0. The molecule has 0 saturated carbocycles. The van der Waals surface area contributed by atoms with E-state index in [0.717, 1.165) is 0 Å². The second kappa shape index (κ2) is 8.98. The standard InChI is InChI=1S/C21H48O6Si3/c1-16(22-19(4,5)6)28(13)25-29(14,17(2)23-20(7,8)9)27-30(15,26-28)18(3)24-21(10,11)12/h16-18H,1-15H3. The first-order valence-corrected chi connectivity index (χ1v) is 18.3. The molecule has 3 unspecified atom stereocenters. The fourth-order valence-corrected chi connectivity index (χ4v) is 20.6. The first-order valence-electron chi connectivity index (χ1n) is 11.1. The van der Waals surface area contributed by atoms with Gasteiger partial charge in [-0.3, -0.25) is 0 Å². The molecule has 1 fully saturated rings. The van der Waals surface area contributed by atoms with Crippen LogP contribution in [0.4, 0.5) is 0 Å². The van der Waals surface area contributed by atoms with Crippen molar-refractivity contribution in [2.24, 2.45) is 0 Å². The lowest BCUT2D eigenvalue weighted by Gasteiger charge is -2.55. The number of ether oxygens (including phenoxy) is 3. The Balaban J connectivity index is 3.37. The highest BCUT2D eigenvalue weighted by atomic mass is 28.5. The van der Waals surface area contributed by atoms with Gasteiger partial charge in [0.25, 0.3) is 0 Å². The lowest BCUT2D eigenvalue weighted by atomic mass is 10.2. The summed E-state index contributed by atoms with van der Waals surface area (Å²) in [5.41, 5.74) is -1.37. The lowest BCUT2D eigenvalue weighted by molar-refractivity contribution is -0.0593. The van der Waals surface area contributed by atoms with E-state index in [-0.39, 0.29) is 34.0 Å². The van der Waals surface area contributed by atoms with Crippen LogP contribution < -0.4 is 0 Å². The molecule has 0 radical (unpaired) electrons. The molecule has 0 bridgehead atoms. The first kappa shape index (κ1) is 28.4. The zero-order valence-electron chi connectivity index (χ0n) is 22.2. The topological polar surface area (TPSA) is 55.4 Å². The fourth-order valence-electron chi connectivity index (χ4n) is 3.68. The SMILES string of the molecule is CC(OC(C)(C)C)[Si]1(C)O[Si](C)(C(C)OC(C)(C)C)O[Si](C)(C(C)OC(C)(C)C)O1. The summed E-state index contributed by atoms with van der Waals surface area (Å²) < 4.78 is 39.5. The summed E-state index contributed by atoms with van der Waals surface area (Å²) in [5.74, 6) is 0. The van der Waals surface area contributed by atoms with Crippen molar-refractivity contribution in [3.05, 3.63) is 0 Å². The number of rotatable bonds is 6. The van der Waals surface area contributed by atoms with Gasteiger partial charge < -0.3 is 26.6 Å². The number of hydrogen-bond acceptors (Lipinski definition) is 6. The molecule has 0 aromatic heterocycles. The normalized spacial score (nSPS) is 34.5. The van der Waals surface area contributed by atoms with E-state index in [9.17, 15) is 0 Å². The predicted molar refractivity (Wildman–Crippen MR) is 129 cm³/mol. The summed E-state index contributed by atoms with van der Waals surface area (Å²) in [6.45, 7) is 31.1. The Labute approximate surface area is 189 Å². The van der Waals surface area contributed by atoms with Crippen LogP contribution in [0.3, 0.4) is 0 Å². The molecule has 0 aromatic carbocycles. The van der Waals surface area contributed by atoms with Gasteiger partial charge in [-0.25, -0.2) is 0 Å². The predicted octanol–water partition coefficient (Wildman–Crippen LogP) is 5.49. The maximum absolute atomic E-state index is 6.82. The second-order valence-electron chi connectivity index (χ2n) is 12.0. The van der Waals surface area contributed by atoms with Gasteiger partial charge in [0.2, 0.25) is 0 Å². The Morgan fingerprint density at radius 3 is 0.767 bits per heavy atom. The Morgan fingerprint density at radius 2 is 0.633 bits per heavy atom. The monoisotopic (exact) mass is 480 g/mol. The second-order valence-corrected chi connectivity index (χ2v) is 23.0. The highest BCUT2D eigenvalue weighted by molar-refractivity contribution is 6.94. The molecule has 1 heterocycles. The largest absolute Gasteiger partial charge is 0.413 e. The van der Waals surface area contributed by atoms with Crippen molar-refractivity contribution in [2.45, 2.75) is 137 Å². The van der Waals surface area contributed by atoms with Gasteiger partial charge in [-0.1, -0.05) is 0 Å². The van der Waals surface area contributed by atoms with E-state index in [4.69, 9.17) is 26.6 Å². The van der Waals surface area contributed by atoms with Crippen LogP contribution in [0.2, 0.25) is 19.6 Å². The van der Waals surface area contributed by atoms with Crippen molar-refractivity contribution in [1.29, 1.82) is 0 Å². The molecule has 1 rings (SSSR count). The van der Waals surface area contributed by atoms with Crippen LogP contribution in [0, 0.1) is 0 Å². The van der Waals surface area contributed by atoms with Crippen molar-refractivity contribution in [3.8, 4) is 0 Å². The van der Waals surface area contributed by atoms with E-state index in [0.29, 0.717) is 0 Å². The molecule has 9 heteroatoms. The Bertz CT molecular complexity index is 492. The van der Waals surface area contributed by atoms with E-state index < -0.39 is 25.7 Å². The zero-order valence-corrected chi connectivity index (χ0v) is 25.2. The molecule has 180 valence electrons. The summed E-state index contributed by atoms with van der Waals surface area (Å²) >= 11 is 0. The van der Waals surface area contributed by atoms with E-state index in [1.807, 2.05) is 0 Å². The zero-order chi connectivity index (χ0) is 24.0. The minimum absolute atomic E-state index is 0.163. The maximum Gasteiger partial charge on any atom is 0.347 e. The lowest BCUT2D eigenvalue weighted by Crippen LogP contribution is -2.77. The van der Waals surface area contributed by atoms with Crippen LogP contribution in [-0.2, 0) is 26.6 Å². The van der Waals surface area contributed by atoms with Gasteiger partial charge in [0.1, 0.15) is 0 Å². The van der Waals surface area contributed by atoms with E-state index in [2.05, 4.69) is 103 Å². The molecule has 1 saturated heterocycles. The maximum atomic E-state index is 6.82. The van der Waals surface area contributed by atoms with Crippen LogP contribution in [0.15, 0.2) is 0 Å². The quantitative estimate of drug-likeness (QED) is 0.468. The van der Waals surface area contributed by atoms with Crippen molar-refractivity contribution in [2.75, 3.05) is 0 Å². The summed E-state index contributed by atoms with van der Waals surface area (Å²) in [7, 11) is -8.34. The van der Waals surface area contributed by atoms with Gasteiger partial charge in [0.15, 0.2) is 0 Å². The van der Waals surface area contributed by atoms with Crippen LogP contribution in [-0.4, -0.2) is 59.7 Å². The van der Waals surface area contributed by atoms with Crippen LogP contribution in [0.1, 0.15) is 83.1 Å². The third kappa shape index (κ3) is 8.08. The fraction of sp³-hybridized carbons (Fsp3) is 1.00. The van der Waals surface area contributed by atoms with Crippen molar-refractivity contribution < 1.29 is 26.6 Å². The van der Waals surface area contributed by atoms with Crippen molar-refractivity contribution in [1.82, 2.24) is 0 Å². The number of hydrogen-bond donors (Lipinski definition) is 0. The summed E-state index contributed by atoms with van der Waals surface area (Å²) in [4.78, 5) is 0. The highest BCUT2D eigenvalue weighted by Gasteiger charge is 2.64. The molecular weight excluding hydrogens is 432 g/mol. The molecule has 0 amide bonds. The van der Waals surface area contributed by atoms with Gasteiger partial charge in [0, 0.05) is 0 Å². The molecule has 0 aliphatic carbocycles. The van der Waals surface area contributed by atoms with E-state index >= 15 is 0 Å². The molecule has 1 aliphatic rings. The van der Waals surface area contributed by atoms with Crippen molar-refractivity contribution in [3.63, 3.8) is 0 Å². The van der Waals surface area contributed by atoms with Crippen LogP contribution in [0.5, 0.6) is 0 Å². The molecule has 0 spiro atoms. The summed E-state index contributed by atoms with van der Waals surface area (Å²) in [6, 6.07) is 0. The highest BCUT2D eigenvalue weighted by Crippen LogP contribution is 2.39. The Hall–Kier alpha value is 0.411. The van der Waals surface area contributed by atoms with Crippen LogP contribution >= 0.6 is 0 Å². The van der Waals surface area contributed by atoms with Crippen LogP contribution in [0.25, 0.3) is 0 Å². The van der Waals surface area contributed by atoms with E-state index in [1.165, 1.54) is 0 Å². The summed E-state index contributed by atoms with van der Waals surface area (Å²) in [6.07, 6.45) is 0. The minimum Gasteiger partial charge on any atom is -0.413 e. The molecule has 6 nitrogen and oxygen atoms in total. The molecule has 1 aliphatic heterocycles. The molecular formula is C21H48O6Si3. The average Bonchev–Trinajstić information content (AvgIpc) is 2.40. The average molecular weight is 481 g/mol. The van der Waals surface area contributed by atoms with Gasteiger partial charge in [-0.15, -0.1) is 0 Å². The summed E-state index contributed by atoms with van der Waals surface area (Å²) in [5, 5.41) is 0. The van der Waals surface area contributed by atoms with Crippen molar-refractivity contribution >= 4 is 25.7 Å². The molecule has 0 aromatic rings. The van der Waals surface area contributed by atoms with E-state index in [1.54, 1.807) is 0 Å². The molecule has 30 heavy (non-hydrogen) atoms. The Morgan fingerprint density at radius 1 is 0.467 bits per heavy atom. The third-order valence-corrected chi connectivity index (χ3v) is 19.5. The smallest absolute Gasteiger partial charge is 0.347 e.